The summed E-state index contributed by atoms with van der Waals surface area (Å²) in [6.45, 7) is 2.27. The minimum absolute atomic E-state index is 0.113. The summed E-state index contributed by atoms with van der Waals surface area (Å²) in [5, 5.41) is 0.484. The van der Waals surface area contributed by atoms with E-state index in [2.05, 4.69) is 4.98 Å². The van der Waals surface area contributed by atoms with Crippen molar-refractivity contribution in [1.82, 2.24) is 9.55 Å². The van der Waals surface area contributed by atoms with E-state index < -0.39 is 0 Å². The SMILES string of the molecule is Cc1nc2ccccc2n(Cc2cc(Cl)c3c(c2)OCO3)c1=O. The molecule has 0 saturated carbocycles. The van der Waals surface area contributed by atoms with E-state index in [-0.39, 0.29) is 12.4 Å². The van der Waals surface area contributed by atoms with Crippen LogP contribution in [0.5, 0.6) is 11.5 Å². The molecule has 0 N–H and O–H groups in total. The highest BCUT2D eigenvalue weighted by molar-refractivity contribution is 6.32. The van der Waals surface area contributed by atoms with Crippen LogP contribution in [0.1, 0.15) is 11.3 Å². The van der Waals surface area contributed by atoms with Crippen LogP contribution in [-0.4, -0.2) is 16.3 Å². The Balaban J connectivity index is 1.86. The molecule has 3 aromatic rings. The van der Waals surface area contributed by atoms with Gasteiger partial charge in [-0.1, -0.05) is 23.7 Å². The van der Waals surface area contributed by atoms with Gasteiger partial charge in [0.25, 0.3) is 5.56 Å². The maximum atomic E-state index is 12.5. The molecule has 0 bridgehead atoms. The lowest BCUT2D eigenvalue weighted by molar-refractivity contribution is 0.174. The average molecular weight is 329 g/mol. The van der Waals surface area contributed by atoms with Gasteiger partial charge in [0.05, 0.1) is 22.6 Å². The second-order valence-corrected chi connectivity index (χ2v) is 5.80. The zero-order valence-electron chi connectivity index (χ0n) is 12.4. The van der Waals surface area contributed by atoms with Crippen molar-refractivity contribution in [2.75, 3.05) is 6.79 Å². The lowest BCUT2D eigenvalue weighted by Crippen LogP contribution is -2.24. The molecule has 0 spiro atoms. The number of halogens is 1. The minimum atomic E-state index is -0.113. The van der Waals surface area contributed by atoms with Gasteiger partial charge in [-0.25, -0.2) is 4.98 Å². The maximum Gasteiger partial charge on any atom is 0.272 e. The smallest absolute Gasteiger partial charge is 0.272 e. The van der Waals surface area contributed by atoms with Gasteiger partial charge in [0.1, 0.15) is 5.69 Å². The number of aryl methyl sites for hydroxylation is 1. The maximum absolute atomic E-state index is 12.5. The average Bonchev–Trinajstić information content (AvgIpc) is 3.01. The number of nitrogens with zero attached hydrogens (tertiary/aromatic N) is 2. The number of aromatic nitrogens is 2. The van der Waals surface area contributed by atoms with Gasteiger partial charge in [-0.3, -0.25) is 4.79 Å². The summed E-state index contributed by atoms with van der Waals surface area (Å²) in [5.41, 5.74) is 2.80. The molecule has 2 heterocycles. The lowest BCUT2D eigenvalue weighted by Gasteiger charge is -2.12. The van der Waals surface area contributed by atoms with Crippen LogP contribution in [0.25, 0.3) is 11.0 Å². The van der Waals surface area contributed by atoms with Crippen molar-refractivity contribution < 1.29 is 9.47 Å². The fourth-order valence-corrected chi connectivity index (χ4v) is 3.06. The fourth-order valence-electron chi connectivity index (χ4n) is 2.77. The molecule has 0 unspecified atom stereocenters. The van der Waals surface area contributed by atoms with Gasteiger partial charge in [-0.05, 0) is 36.8 Å². The monoisotopic (exact) mass is 328 g/mol. The van der Waals surface area contributed by atoms with E-state index in [1.807, 2.05) is 30.3 Å². The van der Waals surface area contributed by atoms with Crippen molar-refractivity contribution in [3.63, 3.8) is 0 Å². The van der Waals surface area contributed by atoms with Crippen LogP contribution in [0, 0.1) is 6.92 Å². The molecule has 1 aliphatic heterocycles. The highest BCUT2D eigenvalue weighted by atomic mass is 35.5. The van der Waals surface area contributed by atoms with Crippen LogP contribution in [0.3, 0.4) is 0 Å². The number of fused-ring (bicyclic) bond motifs is 2. The van der Waals surface area contributed by atoms with Crippen LogP contribution in [-0.2, 0) is 6.54 Å². The normalized spacial score (nSPS) is 12.8. The molecule has 1 aromatic heterocycles. The molecular weight excluding hydrogens is 316 g/mol. The standard InChI is InChI=1S/C17H13ClN2O3/c1-10-17(21)20(14-5-3-2-4-13(14)19-10)8-11-6-12(18)16-15(7-11)22-9-23-16/h2-7H,8-9H2,1H3. The molecule has 1 aliphatic rings. The Labute approximate surface area is 137 Å². The Morgan fingerprint density at radius 1 is 1.26 bits per heavy atom. The molecule has 23 heavy (non-hydrogen) atoms. The van der Waals surface area contributed by atoms with Crippen LogP contribution in [0.2, 0.25) is 5.02 Å². The van der Waals surface area contributed by atoms with Crippen molar-refractivity contribution >= 4 is 22.6 Å². The molecule has 0 aliphatic carbocycles. The molecule has 0 radical (unpaired) electrons. The first kappa shape index (κ1) is 14.1. The van der Waals surface area contributed by atoms with Gasteiger partial charge in [0.15, 0.2) is 11.5 Å². The lowest BCUT2D eigenvalue weighted by atomic mass is 10.2. The first-order chi connectivity index (χ1) is 11.1. The largest absolute Gasteiger partial charge is 0.454 e. The Morgan fingerprint density at radius 3 is 2.96 bits per heavy atom. The van der Waals surface area contributed by atoms with Gasteiger partial charge >= 0.3 is 0 Å². The van der Waals surface area contributed by atoms with E-state index in [4.69, 9.17) is 21.1 Å². The van der Waals surface area contributed by atoms with Crippen LogP contribution in [0.15, 0.2) is 41.2 Å². The number of ether oxygens (including phenoxy) is 2. The molecule has 4 rings (SSSR count). The van der Waals surface area contributed by atoms with E-state index in [1.165, 1.54) is 0 Å². The summed E-state index contributed by atoms with van der Waals surface area (Å²) in [5.74, 6) is 1.16. The van der Waals surface area contributed by atoms with E-state index >= 15 is 0 Å². The second kappa shape index (κ2) is 5.28. The number of hydrogen-bond acceptors (Lipinski definition) is 4. The predicted molar refractivity (Wildman–Crippen MR) is 87.4 cm³/mol. The molecule has 6 heteroatoms. The Hall–Kier alpha value is -2.53. The summed E-state index contributed by atoms with van der Waals surface area (Å²) in [6.07, 6.45) is 0. The molecule has 2 aromatic carbocycles. The highest BCUT2D eigenvalue weighted by Gasteiger charge is 2.19. The van der Waals surface area contributed by atoms with Crippen molar-refractivity contribution in [2.45, 2.75) is 13.5 Å². The molecule has 116 valence electrons. The van der Waals surface area contributed by atoms with E-state index in [1.54, 1.807) is 17.6 Å². The van der Waals surface area contributed by atoms with Crippen molar-refractivity contribution in [1.29, 1.82) is 0 Å². The number of benzene rings is 2. The first-order valence-corrected chi connectivity index (χ1v) is 7.55. The van der Waals surface area contributed by atoms with Gasteiger partial charge in [0, 0.05) is 0 Å². The summed E-state index contributed by atoms with van der Waals surface area (Å²) < 4.78 is 12.4. The second-order valence-electron chi connectivity index (χ2n) is 5.39. The summed E-state index contributed by atoms with van der Waals surface area (Å²) >= 11 is 6.23. The van der Waals surface area contributed by atoms with Gasteiger partial charge in [0.2, 0.25) is 6.79 Å². The van der Waals surface area contributed by atoms with Crippen molar-refractivity contribution in [3.8, 4) is 11.5 Å². The van der Waals surface area contributed by atoms with Crippen molar-refractivity contribution in [3.05, 3.63) is 63.0 Å². The number of para-hydroxylation sites is 2. The van der Waals surface area contributed by atoms with E-state index in [9.17, 15) is 4.79 Å². The summed E-state index contributed by atoms with van der Waals surface area (Å²) in [6, 6.07) is 11.2. The van der Waals surface area contributed by atoms with E-state index in [0.29, 0.717) is 28.8 Å². The molecule has 0 amide bonds. The Morgan fingerprint density at radius 2 is 2.09 bits per heavy atom. The quantitative estimate of drug-likeness (QED) is 0.725. The fraction of sp³-hybridized carbons (Fsp3) is 0.176. The highest BCUT2D eigenvalue weighted by Crippen LogP contribution is 2.39. The third-order valence-corrected chi connectivity index (χ3v) is 4.12. The zero-order valence-corrected chi connectivity index (χ0v) is 13.1. The molecule has 0 saturated heterocycles. The van der Waals surface area contributed by atoms with Crippen LogP contribution < -0.4 is 15.0 Å². The van der Waals surface area contributed by atoms with E-state index in [0.717, 1.165) is 16.6 Å². The van der Waals surface area contributed by atoms with Crippen LogP contribution in [0.4, 0.5) is 0 Å². The minimum Gasteiger partial charge on any atom is -0.454 e. The Kier molecular flexibility index (Phi) is 3.23. The van der Waals surface area contributed by atoms with Gasteiger partial charge < -0.3 is 14.0 Å². The molecule has 0 atom stereocenters. The van der Waals surface area contributed by atoms with Crippen LogP contribution >= 0.6 is 11.6 Å². The molecule has 0 fully saturated rings. The topological polar surface area (TPSA) is 53.4 Å². The van der Waals surface area contributed by atoms with Gasteiger partial charge in [-0.2, -0.15) is 0 Å². The van der Waals surface area contributed by atoms with Crippen molar-refractivity contribution in [2.24, 2.45) is 0 Å². The zero-order chi connectivity index (χ0) is 16.0. The summed E-state index contributed by atoms with van der Waals surface area (Å²) in [7, 11) is 0. The number of hydrogen-bond donors (Lipinski definition) is 0. The third-order valence-electron chi connectivity index (χ3n) is 3.84. The number of rotatable bonds is 2. The molecule has 5 nitrogen and oxygen atoms in total. The Bertz CT molecular complexity index is 981. The van der Waals surface area contributed by atoms with Gasteiger partial charge in [-0.15, -0.1) is 0 Å². The predicted octanol–water partition coefficient (Wildman–Crippen LogP) is 3.14. The molecular formula is C17H13ClN2O3. The summed E-state index contributed by atoms with van der Waals surface area (Å²) in [4.78, 5) is 16.9. The first-order valence-electron chi connectivity index (χ1n) is 7.17. The third kappa shape index (κ3) is 2.33.